The van der Waals surface area contributed by atoms with E-state index < -0.39 is 0 Å². The van der Waals surface area contributed by atoms with Crippen LogP contribution in [0.15, 0.2) is 24.3 Å². The van der Waals surface area contributed by atoms with Crippen molar-refractivity contribution in [1.82, 2.24) is 0 Å². The second kappa shape index (κ2) is 8.84. The zero-order valence-corrected chi connectivity index (χ0v) is 12.9. The van der Waals surface area contributed by atoms with E-state index in [1.165, 1.54) is 25.7 Å². The standard InChI is InChI=1S/C17H29NO/c1-5-9-15(10-6-2)18-16-11-7-8-12-17(16)19-13-14(3)4/h7-8,11-12,14-15,18H,5-6,9-10,13H2,1-4H3. The number of ether oxygens (including phenoxy) is 1. The molecule has 0 aromatic heterocycles. The minimum Gasteiger partial charge on any atom is -0.491 e. The lowest BCUT2D eigenvalue weighted by atomic mass is 10.1. The van der Waals surface area contributed by atoms with Crippen molar-refractivity contribution >= 4 is 5.69 Å². The van der Waals surface area contributed by atoms with Gasteiger partial charge in [-0.2, -0.15) is 0 Å². The second-order valence-electron chi connectivity index (χ2n) is 5.62. The van der Waals surface area contributed by atoms with Crippen LogP contribution >= 0.6 is 0 Å². The first kappa shape index (κ1) is 15.9. The molecule has 0 atom stereocenters. The predicted octanol–water partition coefficient (Wildman–Crippen LogP) is 5.10. The lowest BCUT2D eigenvalue weighted by Crippen LogP contribution is -2.19. The molecule has 0 unspecified atom stereocenters. The van der Waals surface area contributed by atoms with Crippen molar-refractivity contribution < 1.29 is 4.74 Å². The van der Waals surface area contributed by atoms with Crippen molar-refractivity contribution in [2.24, 2.45) is 5.92 Å². The third kappa shape index (κ3) is 6.00. The Hall–Kier alpha value is -1.18. The topological polar surface area (TPSA) is 21.3 Å². The molecule has 108 valence electrons. The second-order valence-corrected chi connectivity index (χ2v) is 5.62. The highest BCUT2D eigenvalue weighted by Gasteiger charge is 2.10. The summed E-state index contributed by atoms with van der Waals surface area (Å²) in [5.41, 5.74) is 1.13. The van der Waals surface area contributed by atoms with Crippen molar-refractivity contribution in [3.05, 3.63) is 24.3 Å². The normalized spacial score (nSPS) is 11.1. The molecule has 0 amide bonds. The first-order chi connectivity index (χ1) is 9.17. The summed E-state index contributed by atoms with van der Waals surface area (Å²) in [6, 6.07) is 8.83. The number of nitrogens with one attached hydrogen (secondary N) is 1. The molecule has 1 aromatic rings. The van der Waals surface area contributed by atoms with E-state index in [9.17, 15) is 0 Å². The summed E-state index contributed by atoms with van der Waals surface area (Å²) in [6.07, 6.45) is 4.86. The molecule has 2 heteroatoms. The van der Waals surface area contributed by atoms with E-state index in [2.05, 4.69) is 51.2 Å². The average molecular weight is 263 g/mol. The molecule has 0 bridgehead atoms. The van der Waals surface area contributed by atoms with Gasteiger partial charge in [0.1, 0.15) is 5.75 Å². The third-order valence-corrected chi connectivity index (χ3v) is 3.09. The van der Waals surface area contributed by atoms with Gasteiger partial charge in [-0.15, -0.1) is 0 Å². The largest absolute Gasteiger partial charge is 0.491 e. The van der Waals surface area contributed by atoms with Crippen LogP contribution in [-0.2, 0) is 0 Å². The van der Waals surface area contributed by atoms with Gasteiger partial charge in [0, 0.05) is 6.04 Å². The molecule has 0 aliphatic heterocycles. The van der Waals surface area contributed by atoms with Crippen LogP contribution in [0, 0.1) is 5.92 Å². The SMILES string of the molecule is CCCC(CCC)Nc1ccccc1OCC(C)C. The summed E-state index contributed by atoms with van der Waals surface area (Å²) in [7, 11) is 0. The molecule has 0 aliphatic rings. The molecule has 19 heavy (non-hydrogen) atoms. The minimum absolute atomic E-state index is 0.551. The number of hydrogen-bond donors (Lipinski definition) is 1. The Kier molecular flexibility index (Phi) is 7.39. The molecule has 0 saturated carbocycles. The highest BCUT2D eigenvalue weighted by Crippen LogP contribution is 2.26. The Balaban J connectivity index is 2.69. The Bertz CT molecular complexity index is 343. The quantitative estimate of drug-likeness (QED) is 0.669. The Morgan fingerprint density at radius 3 is 2.26 bits per heavy atom. The molecule has 1 aromatic carbocycles. The van der Waals surface area contributed by atoms with E-state index >= 15 is 0 Å². The number of benzene rings is 1. The zero-order chi connectivity index (χ0) is 14.1. The molecule has 0 heterocycles. The summed E-state index contributed by atoms with van der Waals surface area (Å²) < 4.78 is 5.89. The van der Waals surface area contributed by atoms with Gasteiger partial charge in [0.05, 0.1) is 12.3 Å². The van der Waals surface area contributed by atoms with Gasteiger partial charge in [-0.25, -0.2) is 0 Å². The third-order valence-electron chi connectivity index (χ3n) is 3.09. The first-order valence-corrected chi connectivity index (χ1v) is 7.65. The van der Waals surface area contributed by atoms with E-state index in [0.29, 0.717) is 12.0 Å². The van der Waals surface area contributed by atoms with E-state index in [1.807, 2.05) is 6.07 Å². The van der Waals surface area contributed by atoms with Gasteiger partial charge in [-0.1, -0.05) is 52.7 Å². The maximum absolute atomic E-state index is 5.89. The van der Waals surface area contributed by atoms with Gasteiger partial charge in [-0.3, -0.25) is 0 Å². The monoisotopic (exact) mass is 263 g/mol. The average Bonchev–Trinajstić information content (AvgIpc) is 2.38. The lowest BCUT2D eigenvalue weighted by molar-refractivity contribution is 0.272. The molecule has 2 nitrogen and oxygen atoms in total. The first-order valence-electron chi connectivity index (χ1n) is 7.65. The number of hydrogen-bond acceptors (Lipinski definition) is 2. The smallest absolute Gasteiger partial charge is 0.142 e. The number of para-hydroxylation sites is 2. The molecule has 1 N–H and O–H groups in total. The molecular formula is C17H29NO. The maximum atomic E-state index is 5.89. The maximum Gasteiger partial charge on any atom is 0.142 e. The van der Waals surface area contributed by atoms with Crippen molar-refractivity contribution in [1.29, 1.82) is 0 Å². The number of anilines is 1. The van der Waals surface area contributed by atoms with Crippen molar-refractivity contribution in [2.75, 3.05) is 11.9 Å². The zero-order valence-electron chi connectivity index (χ0n) is 12.9. The van der Waals surface area contributed by atoms with Crippen LogP contribution < -0.4 is 10.1 Å². The van der Waals surface area contributed by atoms with Crippen LogP contribution in [-0.4, -0.2) is 12.6 Å². The van der Waals surface area contributed by atoms with E-state index in [1.54, 1.807) is 0 Å². The summed E-state index contributed by atoms with van der Waals surface area (Å²) >= 11 is 0. The van der Waals surface area contributed by atoms with E-state index in [4.69, 9.17) is 4.74 Å². The van der Waals surface area contributed by atoms with Crippen LogP contribution in [0.5, 0.6) is 5.75 Å². The molecule has 0 saturated heterocycles. The summed E-state index contributed by atoms with van der Waals surface area (Å²) in [5, 5.41) is 3.65. The fourth-order valence-electron chi connectivity index (χ4n) is 2.17. The van der Waals surface area contributed by atoms with Gasteiger partial charge < -0.3 is 10.1 Å². The van der Waals surface area contributed by atoms with Gasteiger partial charge >= 0.3 is 0 Å². The summed E-state index contributed by atoms with van der Waals surface area (Å²) in [6.45, 7) is 9.60. The van der Waals surface area contributed by atoms with Crippen molar-refractivity contribution in [3.63, 3.8) is 0 Å². The minimum atomic E-state index is 0.551. The lowest BCUT2D eigenvalue weighted by Gasteiger charge is -2.21. The molecule has 1 rings (SSSR count). The fourth-order valence-corrected chi connectivity index (χ4v) is 2.17. The summed E-state index contributed by atoms with van der Waals surface area (Å²) in [5.74, 6) is 1.53. The van der Waals surface area contributed by atoms with Crippen LogP contribution in [0.1, 0.15) is 53.4 Å². The molecule has 0 radical (unpaired) electrons. The molecule has 0 fully saturated rings. The van der Waals surface area contributed by atoms with E-state index in [0.717, 1.165) is 18.0 Å². The van der Waals surface area contributed by atoms with Crippen LogP contribution in [0.4, 0.5) is 5.69 Å². The van der Waals surface area contributed by atoms with Gasteiger partial charge in [0.15, 0.2) is 0 Å². The Morgan fingerprint density at radius 2 is 1.68 bits per heavy atom. The Morgan fingerprint density at radius 1 is 1.05 bits per heavy atom. The van der Waals surface area contributed by atoms with Crippen LogP contribution in [0.25, 0.3) is 0 Å². The van der Waals surface area contributed by atoms with Crippen LogP contribution in [0.3, 0.4) is 0 Å². The highest BCUT2D eigenvalue weighted by atomic mass is 16.5. The van der Waals surface area contributed by atoms with Gasteiger partial charge in [0.2, 0.25) is 0 Å². The summed E-state index contributed by atoms with van der Waals surface area (Å²) in [4.78, 5) is 0. The highest BCUT2D eigenvalue weighted by molar-refractivity contribution is 5.56. The Labute approximate surface area is 118 Å². The predicted molar refractivity (Wildman–Crippen MR) is 84.0 cm³/mol. The molecular weight excluding hydrogens is 234 g/mol. The van der Waals surface area contributed by atoms with Crippen molar-refractivity contribution in [3.8, 4) is 5.75 Å². The molecule has 0 spiro atoms. The molecule has 0 aliphatic carbocycles. The van der Waals surface area contributed by atoms with Crippen LogP contribution in [0.2, 0.25) is 0 Å². The van der Waals surface area contributed by atoms with Crippen molar-refractivity contribution in [2.45, 2.75) is 59.4 Å². The van der Waals surface area contributed by atoms with Gasteiger partial charge in [0.25, 0.3) is 0 Å². The fraction of sp³-hybridized carbons (Fsp3) is 0.647. The number of rotatable bonds is 9. The van der Waals surface area contributed by atoms with E-state index in [-0.39, 0.29) is 0 Å². The van der Waals surface area contributed by atoms with Gasteiger partial charge in [-0.05, 0) is 30.9 Å².